The number of carbonyl (C=O) groups is 2. The fraction of sp³-hybridized carbons (Fsp3) is 0.435. The Morgan fingerprint density at radius 1 is 0.971 bits per heavy atom. The first kappa shape index (κ1) is 23.7. The second-order valence-electron chi connectivity index (χ2n) is 8.36. The molecule has 1 unspecified atom stereocenters. The van der Waals surface area contributed by atoms with E-state index in [1.165, 1.54) is 4.57 Å². The Balaban J connectivity index is 1.48. The topological polar surface area (TPSA) is 122 Å². The van der Waals surface area contributed by atoms with E-state index in [4.69, 9.17) is 11.6 Å². The zero-order chi connectivity index (χ0) is 24.2. The zero-order valence-corrected chi connectivity index (χ0v) is 19.7. The summed E-state index contributed by atoms with van der Waals surface area (Å²) in [6.07, 6.45) is 3.34. The van der Waals surface area contributed by atoms with Crippen molar-refractivity contribution in [3.05, 3.63) is 62.0 Å². The molecule has 0 saturated carbocycles. The van der Waals surface area contributed by atoms with Crippen molar-refractivity contribution in [3.8, 4) is 0 Å². The van der Waals surface area contributed by atoms with Crippen LogP contribution in [0.5, 0.6) is 0 Å². The van der Waals surface area contributed by atoms with Gasteiger partial charge in [0.25, 0.3) is 11.5 Å². The van der Waals surface area contributed by atoms with Crippen molar-refractivity contribution in [2.24, 2.45) is 0 Å². The number of amides is 3. The molecule has 1 fully saturated rings. The highest BCUT2D eigenvalue weighted by Crippen LogP contribution is 2.14. The Labute approximate surface area is 200 Å². The first-order valence-electron chi connectivity index (χ1n) is 11.4. The minimum absolute atomic E-state index is 0.0392. The quantitative estimate of drug-likeness (QED) is 0.258. The van der Waals surface area contributed by atoms with Gasteiger partial charge in [-0.1, -0.05) is 50.1 Å². The van der Waals surface area contributed by atoms with E-state index in [1.807, 2.05) is 30.3 Å². The maximum atomic E-state index is 13.1. The fourth-order valence-corrected chi connectivity index (χ4v) is 4.40. The first-order chi connectivity index (χ1) is 16.4. The number of aromatic nitrogens is 4. The van der Waals surface area contributed by atoms with Crippen LogP contribution in [0.2, 0.25) is 5.28 Å². The number of aromatic amines is 1. The number of rotatable bonds is 10. The van der Waals surface area contributed by atoms with Gasteiger partial charge in [-0.3, -0.25) is 23.6 Å². The van der Waals surface area contributed by atoms with E-state index in [9.17, 15) is 19.2 Å². The molecule has 0 radical (unpaired) electrons. The van der Waals surface area contributed by atoms with Crippen LogP contribution in [0, 0.1) is 0 Å². The van der Waals surface area contributed by atoms with Crippen molar-refractivity contribution in [1.29, 1.82) is 0 Å². The highest BCUT2D eigenvalue weighted by molar-refractivity contribution is 6.29. The molecule has 3 aromatic rings. The van der Waals surface area contributed by atoms with Crippen LogP contribution in [0.1, 0.15) is 38.2 Å². The maximum Gasteiger partial charge on any atom is 0.332 e. The predicted octanol–water partition coefficient (Wildman–Crippen LogP) is 2.28. The normalized spacial score (nSPS) is 15.9. The van der Waals surface area contributed by atoms with Crippen molar-refractivity contribution in [2.75, 3.05) is 6.54 Å². The smallest absolute Gasteiger partial charge is 0.325 e. The molecule has 1 saturated heterocycles. The molecule has 1 atom stereocenters. The number of halogens is 1. The minimum atomic E-state index is -0.628. The summed E-state index contributed by atoms with van der Waals surface area (Å²) < 4.78 is 2.57. The van der Waals surface area contributed by atoms with Gasteiger partial charge in [-0.25, -0.2) is 9.59 Å². The number of hydrogen-bond donors (Lipinski definition) is 2. The zero-order valence-electron chi connectivity index (χ0n) is 18.9. The lowest BCUT2D eigenvalue weighted by Gasteiger charge is -2.14. The number of nitrogens with one attached hydrogen (secondary N) is 2. The number of nitrogens with zero attached hydrogens (tertiary/aromatic N) is 4. The van der Waals surface area contributed by atoms with E-state index >= 15 is 0 Å². The molecule has 2 aromatic heterocycles. The number of hydrogen-bond acceptors (Lipinski definition) is 5. The third-order valence-corrected chi connectivity index (χ3v) is 6.15. The molecule has 4 rings (SSSR count). The maximum absolute atomic E-state index is 13.1. The lowest BCUT2D eigenvalue weighted by molar-refractivity contribution is -0.127. The number of fused-ring (bicyclic) bond motifs is 1. The average Bonchev–Trinajstić information content (AvgIpc) is 3.33. The van der Waals surface area contributed by atoms with Gasteiger partial charge in [-0.05, 0) is 30.0 Å². The third kappa shape index (κ3) is 4.77. The van der Waals surface area contributed by atoms with Crippen LogP contribution in [0.4, 0.5) is 4.79 Å². The van der Waals surface area contributed by atoms with Gasteiger partial charge in [0.2, 0.25) is 5.28 Å². The van der Waals surface area contributed by atoms with Crippen molar-refractivity contribution >= 4 is 34.7 Å². The SMILES string of the molecule is CCCCCn1c(=O)n(CCCN2C(=O)NC(Cc3ccccc3)C2=O)c(=O)c2[nH]c(Cl)nc21. The largest absolute Gasteiger partial charge is 0.332 e. The highest BCUT2D eigenvalue weighted by atomic mass is 35.5. The minimum Gasteiger partial charge on any atom is -0.325 e. The Morgan fingerprint density at radius 3 is 2.44 bits per heavy atom. The number of benzene rings is 1. The second kappa shape index (κ2) is 10.3. The standard InChI is InChI=1S/C23H27ClN6O4/c1-2-3-7-11-28-18-17(26-21(24)27-18)20(32)30(23(28)34)13-8-12-29-19(31)16(25-22(29)33)14-15-9-5-4-6-10-15/h4-6,9-10,16H,2-3,7-8,11-14H2,1H3,(H,25,33)(H,26,27). The molecule has 0 spiro atoms. The molecule has 0 aliphatic carbocycles. The molecule has 0 bridgehead atoms. The number of unbranched alkanes of at least 4 members (excludes halogenated alkanes) is 2. The monoisotopic (exact) mass is 486 g/mol. The molecular weight excluding hydrogens is 460 g/mol. The summed E-state index contributed by atoms with van der Waals surface area (Å²) >= 11 is 5.97. The van der Waals surface area contributed by atoms with E-state index in [-0.39, 0.29) is 41.9 Å². The number of imide groups is 1. The lowest BCUT2D eigenvalue weighted by atomic mass is 10.1. The third-order valence-electron chi connectivity index (χ3n) is 5.97. The average molecular weight is 487 g/mol. The Hall–Kier alpha value is -3.40. The molecule has 3 amide bonds. The van der Waals surface area contributed by atoms with E-state index in [0.717, 1.165) is 34.3 Å². The molecule has 3 heterocycles. The van der Waals surface area contributed by atoms with Crippen LogP contribution < -0.4 is 16.6 Å². The predicted molar refractivity (Wildman–Crippen MR) is 128 cm³/mol. The van der Waals surface area contributed by atoms with E-state index in [1.54, 1.807) is 0 Å². The molecular formula is C23H27ClN6O4. The number of carbonyl (C=O) groups excluding carboxylic acids is 2. The van der Waals surface area contributed by atoms with Crippen molar-refractivity contribution in [2.45, 2.75) is 58.2 Å². The van der Waals surface area contributed by atoms with Crippen molar-refractivity contribution in [3.63, 3.8) is 0 Å². The fourth-order valence-electron chi connectivity index (χ4n) is 4.22. The number of imidazole rings is 1. The van der Waals surface area contributed by atoms with Gasteiger partial charge >= 0.3 is 11.7 Å². The van der Waals surface area contributed by atoms with Crippen LogP contribution in [0.15, 0.2) is 39.9 Å². The van der Waals surface area contributed by atoms with Crippen LogP contribution in [0.3, 0.4) is 0 Å². The van der Waals surface area contributed by atoms with Gasteiger partial charge in [0.15, 0.2) is 11.2 Å². The Kier molecular flexibility index (Phi) is 7.16. The van der Waals surface area contributed by atoms with Gasteiger partial charge in [-0.15, -0.1) is 0 Å². The van der Waals surface area contributed by atoms with Crippen LogP contribution >= 0.6 is 11.6 Å². The van der Waals surface area contributed by atoms with E-state index in [2.05, 4.69) is 22.2 Å². The Morgan fingerprint density at radius 2 is 1.71 bits per heavy atom. The number of H-pyrrole nitrogens is 1. The summed E-state index contributed by atoms with van der Waals surface area (Å²) in [6, 6.07) is 8.35. The summed E-state index contributed by atoms with van der Waals surface area (Å²) in [6.45, 7) is 2.63. The molecule has 1 aliphatic heterocycles. The molecule has 11 heteroatoms. The summed E-state index contributed by atoms with van der Waals surface area (Å²) in [5.41, 5.74) is 0.357. The van der Waals surface area contributed by atoms with Crippen LogP contribution in [-0.2, 0) is 24.3 Å². The van der Waals surface area contributed by atoms with Crippen molar-refractivity contribution in [1.82, 2.24) is 29.3 Å². The second-order valence-corrected chi connectivity index (χ2v) is 8.72. The Bertz CT molecular complexity index is 1310. The molecule has 180 valence electrons. The summed E-state index contributed by atoms with van der Waals surface area (Å²) in [5.74, 6) is -0.311. The van der Waals surface area contributed by atoms with Crippen LogP contribution in [0.25, 0.3) is 11.2 Å². The molecule has 1 aromatic carbocycles. The van der Waals surface area contributed by atoms with E-state index in [0.29, 0.717) is 13.0 Å². The van der Waals surface area contributed by atoms with Gasteiger partial charge in [-0.2, -0.15) is 4.98 Å². The first-order valence-corrected chi connectivity index (χ1v) is 11.8. The van der Waals surface area contributed by atoms with Crippen molar-refractivity contribution < 1.29 is 9.59 Å². The molecule has 10 nitrogen and oxygen atoms in total. The lowest BCUT2D eigenvalue weighted by Crippen LogP contribution is -2.41. The molecule has 2 N–H and O–H groups in total. The van der Waals surface area contributed by atoms with Gasteiger partial charge in [0.1, 0.15) is 6.04 Å². The van der Waals surface area contributed by atoms with Gasteiger partial charge < -0.3 is 10.3 Å². The summed E-state index contributed by atoms with van der Waals surface area (Å²) in [5, 5.41) is 2.75. The van der Waals surface area contributed by atoms with Gasteiger partial charge in [0, 0.05) is 26.1 Å². The van der Waals surface area contributed by atoms with Crippen LogP contribution in [-0.4, -0.2) is 48.5 Å². The summed E-state index contributed by atoms with van der Waals surface area (Å²) in [7, 11) is 0. The number of urea groups is 1. The van der Waals surface area contributed by atoms with Gasteiger partial charge in [0.05, 0.1) is 0 Å². The molecule has 34 heavy (non-hydrogen) atoms. The highest BCUT2D eigenvalue weighted by Gasteiger charge is 2.37. The summed E-state index contributed by atoms with van der Waals surface area (Å²) in [4.78, 5) is 59.1. The molecule has 1 aliphatic rings. The van der Waals surface area contributed by atoms with E-state index < -0.39 is 23.3 Å². The number of aryl methyl sites for hydroxylation is 1.